The zero-order chi connectivity index (χ0) is 14.5. The summed E-state index contributed by atoms with van der Waals surface area (Å²) in [7, 11) is 0. The third-order valence-corrected chi connectivity index (χ3v) is 2.98. The minimum Gasteiger partial charge on any atom is -0.358 e. The number of aromatic amines is 1. The Labute approximate surface area is 114 Å². The van der Waals surface area contributed by atoms with Crippen molar-refractivity contribution < 1.29 is 14.5 Å². The van der Waals surface area contributed by atoms with Crippen LogP contribution in [-0.4, -0.2) is 59.3 Å². The molecule has 2 heterocycles. The van der Waals surface area contributed by atoms with Crippen molar-refractivity contribution in [3.8, 4) is 0 Å². The van der Waals surface area contributed by atoms with Crippen LogP contribution in [0.2, 0.25) is 0 Å². The van der Waals surface area contributed by atoms with Gasteiger partial charge in [-0.2, -0.15) is 0 Å². The molecule has 1 fully saturated rings. The third kappa shape index (κ3) is 3.32. The van der Waals surface area contributed by atoms with E-state index in [-0.39, 0.29) is 24.0 Å². The number of piperazine rings is 1. The number of carbonyl (C=O) groups is 2. The first-order chi connectivity index (χ1) is 9.58. The fraction of sp³-hybridized carbons (Fsp3) is 0.455. The van der Waals surface area contributed by atoms with Crippen molar-refractivity contribution in [1.82, 2.24) is 20.5 Å². The zero-order valence-electron chi connectivity index (χ0n) is 10.7. The fourth-order valence-electron chi connectivity index (χ4n) is 1.90. The molecular weight excluding hydrogens is 266 g/mol. The predicted molar refractivity (Wildman–Crippen MR) is 69.2 cm³/mol. The average molecular weight is 281 g/mol. The molecule has 1 aliphatic rings. The Morgan fingerprint density at radius 2 is 2.05 bits per heavy atom. The number of hydrogen-bond donors (Lipinski definition) is 3. The molecule has 9 heteroatoms. The minimum atomic E-state index is -0.622. The quantitative estimate of drug-likeness (QED) is 0.487. The lowest BCUT2D eigenvalue weighted by atomic mass is 10.3. The van der Waals surface area contributed by atoms with E-state index in [4.69, 9.17) is 0 Å². The Bertz CT molecular complexity index is 521. The Kier molecular flexibility index (Phi) is 4.31. The van der Waals surface area contributed by atoms with E-state index in [0.29, 0.717) is 13.1 Å². The second kappa shape index (κ2) is 6.15. The number of amides is 2. The molecule has 108 valence electrons. The van der Waals surface area contributed by atoms with Gasteiger partial charge in [-0.1, -0.05) is 0 Å². The van der Waals surface area contributed by atoms with Gasteiger partial charge in [-0.3, -0.25) is 9.59 Å². The molecule has 0 spiro atoms. The van der Waals surface area contributed by atoms with E-state index in [1.807, 2.05) is 0 Å². The van der Waals surface area contributed by atoms with Crippen LogP contribution >= 0.6 is 0 Å². The molecule has 0 saturated carbocycles. The van der Waals surface area contributed by atoms with Crippen LogP contribution in [-0.2, 0) is 4.79 Å². The maximum absolute atomic E-state index is 11.8. The summed E-state index contributed by atoms with van der Waals surface area (Å²) in [5.41, 5.74) is 0.0600. The van der Waals surface area contributed by atoms with Crippen molar-refractivity contribution in [2.75, 3.05) is 32.7 Å². The van der Waals surface area contributed by atoms with Crippen molar-refractivity contribution >= 4 is 17.6 Å². The second-order valence-electron chi connectivity index (χ2n) is 4.33. The predicted octanol–water partition coefficient (Wildman–Crippen LogP) is -0.915. The van der Waals surface area contributed by atoms with E-state index in [2.05, 4.69) is 15.6 Å². The first-order valence-electron chi connectivity index (χ1n) is 6.18. The van der Waals surface area contributed by atoms with Gasteiger partial charge in [0.25, 0.3) is 5.91 Å². The number of nitro groups is 1. The van der Waals surface area contributed by atoms with Crippen LogP contribution < -0.4 is 10.6 Å². The highest BCUT2D eigenvalue weighted by atomic mass is 16.6. The van der Waals surface area contributed by atoms with Crippen LogP contribution in [0.4, 0.5) is 5.82 Å². The van der Waals surface area contributed by atoms with Gasteiger partial charge in [0.15, 0.2) is 5.69 Å². The van der Waals surface area contributed by atoms with Gasteiger partial charge in [-0.15, -0.1) is 0 Å². The van der Waals surface area contributed by atoms with E-state index in [1.54, 1.807) is 4.90 Å². The normalized spacial score (nSPS) is 14.9. The molecule has 0 aliphatic carbocycles. The van der Waals surface area contributed by atoms with Crippen LogP contribution in [0.25, 0.3) is 0 Å². The maximum Gasteiger partial charge on any atom is 0.321 e. The summed E-state index contributed by atoms with van der Waals surface area (Å²) in [6, 6.07) is 2.51. The first-order valence-corrected chi connectivity index (χ1v) is 6.18. The summed E-state index contributed by atoms with van der Waals surface area (Å²) in [4.78, 5) is 37.4. The SMILES string of the molecule is O=C(NCC(=O)N1CCNCC1)c1ccc([N+](=O)[O-])[nH]1. The fourth-order valence-corrected chi connectivity index (χ4v) is 1.90. The molecule has 0 atom stereocenters. The highest BCUT2D eigenvalue weighted by Gasteiger charge is 2.19. The largest absolute Gasteiger partial charge is 0.358 e. The molecule has 1 saturated heterocycles. The minimum absolute atomic E-state index is 0.0600. The summed E-state index contributed by atoms with van der Waals surface area (Å²) >= 11 is 0. The van der Waals surface area contributed by atoms with Gasteiger partial charge < -0.3 is 25.6 Å². The number of rotatable bonds is 4. The van der Waals surface area contributed by atoms with Crippen LogP contribution in [0.5, 0.6) is 0 Å². The van der Waals surface area contributed by atoms with E-state index in [0.717, 1.165) is 13.1 Å². The summed E-state index contributed by atoms with van der Waals surface area (Å²) in [6.07, 6.45) is 0. The van der Waals surface area contributed by atoms with Gasteiger partial charge in [0, 0.05) is 32.2 Å². The van der Waals surface area contributed by atoms with Gasteiger partial charge in [0.05, 0.1) is 6.54 Å². The second-order valence-corrected chi connectivity index (χ2v) is 4.33. The van der Waals surface area contributed by atoms with E-state index >= 15 is 0 Å². The lowest BCUT2D eigenvalue weighted by Crippen LogP contribution is -2.49. The van der Waals surface area contributed by atoms with Crippen LogP contribution in [0.3, 0.4) is 0 Å². The summed E-state index contributed by atoms with van der Waals surface area (Å²) in [5.74, 6) is -0.967. The Morgan fingerprint density at radius 1 is 1.35 bits per heavy atom. The number of nitrogens with zero attached hydrogens (tertiary/aromatic N) is 2. The van der Waals surface area contributed by atoms with Crippen molar-refractivity contribution in [3.05, 3.63) is 27.9 Å². The third-order valence-electron chi connectivity index (χ3n) is 2.98. The van der Waals surface area contributed by atoms with Crippen molar-refractivity contribution in [2.45, 2.75) is 0 Å². The number of aromatic nitrogens is 1. The molecule has 1 aromatic rings. The summed E-state index contributed by atoms with van der Waals surface area (Å²) < 4.78 is 0. The smallest absolute Gasteiger partial charge is 0.321 e. The molecule has 2 rings (SSSR count). The van der Waals surface area contributed by atoms with Gasteiger partial charge in [0.2, 0.25) is 5.91 Å². The van der Waals surface area contributed by atoms with Crippen LogP contribution in [0.1, 0.15) is 10.5 Å². The molecule has 0 radical (unpaired) electrons. The molecule has 0 unspecified atom stereocenters. The average Bonchev–Trinajstić information content (AvgIpc) is 2.95. The Morgan fingerprint density at radius 3 is 2.65 bits per heavy atom. The first kappa shape index (κ1) is 14.0. The van der Waals surface area contributed by atoms with Crippen molar-refractivity contribution in [2.24, 2.45) is 0 Å². The molecule has 0 bridgehead atoms. The van der Waals surface area contributed by atoms with Gasteiger partial charge >= 0.3 is 5.82 Å². The summed E-state index contributed by atoms with van der Waals surface area (Å²) in [6.45, 7) is 2.59. The van der Waals surface area contributed by atoms with E-state index < -0.39 is 10.8 Å². The standard InChI is InChI=1S/C11H15N5O4/c17-10(15-5-3-12-4-6-15)7-13-11(18)8-1-2-9(14-8)16(19)20/h1-2,12,14H,3-7H2,(H,13,18). The highest BCUT2D eigenvalue weighted by Crippen LogP contribution is 2.09. The highest BCUT2D eigenvalue weighted by molar-refractivity contribution is 5.95. The van der Waals surface area contributed by atoms with E-state index in [9.17, 15) is 19.7 Å². The van der Waals surface area contributed by atoms with Crippen LogP contribution in [0, 0.1) is 10.1 Å². The summed E-state index contributed by atoms with van der Waals surface area (Å²) in [5, 5.41) is 16.1. The lowest BCUT2D eigenvalue weighted by Gasteiger charge is -2.27. The molecule has 1 aromatic heterocycles. The number of carbonyl (C=O) groups excluding carboxylic acids is 2. The molecular formula is C11H15N5O4. The molecule has 1 aliphatic heterocycles. The molecule has 0 aromatic carbocycles. The van der Waals surface area contributed by atoms with Gasteiger partial charge in [-0.25, -0.2) is 4.98 Å². The zero-order valence-corrected chi connectivity index (χ0v) is 10.7. The Hall–Kier alpha value is -2.42. The number of hydrogen-bond acceptors (Lipinski definition) is 5. The lowest BCUT2D eigenvalue weighted by molar-refractivity contribution is -0.389. The number of nitrogens with one attached hydrogen (secondary N) is 3. The van der Waals surface area contributed by atoms with Crippen molar-refractivity contribution in [1.29, 1.82) is 0 Å². The van der Waals surface area contributed by atoms with Crippen LogP contribution in [0.15, 0.2) is 12.1 Å². The molecule has 20 heavy (non-hydrogen) atoms. The number of H-pyrrole nitrogens is 1. The molecule has 9 nitrogen and oxygen atoms in total. The molecule has 2 amide bonds. The van der Waals surface area contributed by atoms with Crippen molar-refractivity contribution in [3.63, 3.8) is 0 Å². The molecule has 3 N–H and O–H groups in total. The topological polar surface area (TPSA) is 120 Å². The monoisotopic (exact) mass is 281 g/mol. The Balaban J connectivity index is 1.84. The van der Waals surface area contributed by atoms with Gasteiger partial charge in [0.1, 0.15) is 0 Å². The maximum atomic E-state index is 11.8. The van der Waals surface area contributed by atoms with Gasteiger partial charge in [-0.05, 0) is 11.0 Å². The van der Waals surface area contributed by atoms with E-state index in [1.165, 1.54) is 12.1 Å².